The second-order valence-electron chi connectivity index (χ2n) is 6.95. The minimum Gasteiger partial charge on any atom is -0.305 e. The van der Waals surface area contributed by atoms with E-state index in [4.69, 9.17) is 0 Å². The van der Waals surface area contributed by atoms with Gasteiger partial charge in [-0.05, 0) is 36.8 Å². The SMILES string of the molecule is Cc1nn(C)c(C)c1CNC1c2ccccc2CC1(C)C. The Balaban J connectivity index is 1.84. The van der Waals surface area contributed by atoms with E-state index >= 15 is 0 Å². The molecule has 112 valence electrons. The van der Waals surface area contributed by atoms with Crippen molar-refractivity contribution in [3.05, 3.63) is 52.3 Å². The van der Waals surface area contributed by atoms with Crippen LogP contribution >= 0.6 is 0 Å². The average molecular weight is 283 g/mol. The molecule has 3 heteroatoms. The van der Waals surface area contributed by atoms with Crippen LogP contribution in [0.4, 0.5) is 0 Å². The highest BCUT2D eigenvalue weighted by atomic mass is 15.3. The summed E-state index contributed by atoms with van der Waals surface area (Å²) in [5, 5.41) is 8.30. The third-order valence-electron chi connectivity index (χ3n) is 4.94. The van der Waals surface area contributed by atoms with E-state index < -0.39 is 0 Å². The molecule has 1 N–H and O–H groups in total. The maximum Gasteiger partial charge on any atom is 0.0641 e. The molecular formula is C18H25N3. The molecule has 0 saturated heterocycles. The summed E-state index contributed by atoms with van der Waals surface area (Å²) in [6.07, 6.45) is 1.14. The van der Waals surface area contributed by atoms with Gasteiger partial charge in [-0.1, -0.05) is 38.1 Å². The summed E-state index contributed by atoms with van der Waals surface area (Å²) in [7, 11) is 2.01. The van der Waals surface area contributed by atoms with Gasteiger partial charge in [0.05, 0.1) is 5.69 Å². The summed E-state index contributed by atoms with van der Waals surface area (Å²) in [6, 6.07) is 9.24. The number of aromatic nitrogens is 2. The molecule has 1 aromatic carbocycles. The van der Waals surface area contributed by atoms with Gasteiger partial charge in [0.1, 0.15) is 0 Å². The van der Waals surface area contributed by atoms with Gasteiger partial charge in [0.2, 0.25) is 0 Å². The van der Waals surface area contributed by atoms with Crippen LogP contribution in [0.5, 0.6) is 0 Å². The van der Waals surface area contributed by atoms with Crippen LogP contribution in [-0.4, -0.2) is 9.78 Å². The first-order chi connectivity index (χ1) is 9.90. The first kappa shape index (κ1) is 14.3. The number of nitrogens with zero attached hydrogens (tertiary/aromatic N) is 2. The first-order valence-electron chi connectivity index (χ1n) is 7.70. The molecule has 1 aromatic heterocycles. The molecule has 1 atom stereocenters. The number of fused-ring (bicyclic) bond motifs is 1. The van der Waals surface area contributed by atoms with Crippen molar-refractivity contribution in [2.75, 3.05) is 0 Å². The largest absolute Gasteiger partial charge is 0.305 e. The van der Waals surface area contributed by atoms with Gasteiger partial charge in [0.25, 0.3) is 0 Å². The van der Waals surface area contributed by atoms with Crippen LogP contribution in [0.2, 0.25) is 0 Å². The number of aryl methyl sites for hydroxylation is 2. The van der Waals surface area contributed by atoms with E-state index in [1.54, 1.807) is 0 Å². The standard InChI is InChI=1S/C18H25N3/c1-12-16(13(2)21(5)20-12)11-19-17-15-9-7-6-8-14(15)10-18(17,3)4/h6-9,17,19H,10-11H2,1-5H3. The van der Waals surface area contributed by atoms with E-state index in [1.807, 2.05) is 11.7 Å². The van der Waals surface area contributed by atoms with Gasteiger partial charge in [0.15, 0.2) is 0 Å². The minimum absolute atomic E-state index is 0.258. The maximum absolute atomic E-state index is 4.51. The highest BCUT2D eigenvalue weighted by Gasteiger charge is 2.38. The molecule has 2 aromatic rings. The fourth-order valence-electron chi connectivity index (χ4n) is 3.65. The topological polar surface area (TPSA) is 29.9 Å². The van der Waals surface area contributed by atoms with Crippen LogP contribution in [-0.2, 0) is 20.0 Å². The van der Waals surface area contributed by atoms with Crippen molar-refractivity contribution >= 4 is 0 Å². The predicted molar refractivity (Wildman–Crippen MR) is 86.2 cm³/mol. The van der Waals surface area contributed by atoms with Crippen LogP contribution in [0.25, 0.3) is 0 Å². The molecule has 0 spiro atoms. The van der Waals surface area contributed by atoms with Gasteiger partial charge in [-0.25, -0.2) is 0 Å². The quantitative estimate of drug-likeness (QED) is 0.935. The highest BCUT2D eigenvalue weighted by molar-refractivity contribution is 5.38. The van der Waals surface area contributed by atoms with Crippen molar-refractivity contribution < 1.29 is 0 Å². The Kier molecular flexibility index (Phi) is 3.40. The summed E-state index contributed by atoms with van der Waals surface area (Å²) in [4.78, 5) is 0. The monoisotopic (exact) mass is 283 g/mol. The normalized spacial score (nSPS) is 19.8. The van der Waals surface area contributed by atoms with Crippen LogP contribution in [0.1, 0.15) is 48.0 Å². The molecule has 0 saturated carbocycles. The summed E-state index contributed by atoms with van der Waals surface area (Å²) in [5.41, 5.74) is 6.92. The van der Waals surface area contributed by atoms with Crippen molar-refractivity contribution in [2.24, 2.45) is 12.5 Å². The van der Waals surface area contributed by atoms with E-state index in [0.29, 0.717) is 6.04 Å². The van der Waals surface area contributed by atoms with E-state index in [-0.39, 0.29) is 5.41 Å². The lowest BCUT2D eigenvalue weighted by Gasteiger charge is -2.29. The molecule has 0 amide bonds. The zero-order chi connectivity index (χ0) is 15.2. The van der Waals surface area contributed by atoms with Crippen LogP contribution in [0.3, 0.4) is 0 Å². The predicted octanol–water partition coefficient (Wildman–Crippen LogP) is 3.45. The Morgan fingerprint density at radius 3 is 2.67 bits per heavy atom. The Morgan fingerprint density at radius 1 is 1.29 bits per heavy atom. The van der Waals surface area contributed by atoms with Crippen molar-refractivity contribution in [1.29, 1.82) is 0 Å². The summed E-state index contributed by atoms with van der Waals surface area (Å²) < 4.78 is 1.97. The number of nitrogens with one attached hydrogen (secondary N) is 1. The van der Waals surface area contributed by atoms with Gasteiger partial charge in [0, 0.05) is 30.9 Å². The summed E-state index contributed by atoms with van der Waals surface area (Å²) >= 11 is 0. The molecule has 1 heterocycles. The molecule has 0 bridgehead atoms. The average Bonchev–Trinajstić information content (AvgIpc) is 2.81. The number of rotatable bonds is 3. The Labute approximate surface area is 127 Å². The molecule has 1 aliphatic carbocycles. The zero-order valence-electron chi connectivity index (χ0n) is 13.7. The van der Waals surface area contributed by atoms with E-state index in [1.165, 1.54) is 22.4 Å². The first-order valence-corrected chi connectivity index (χ1v) is 7.70. The molecule has 3 rings (SSSR count). The Morgan fingerprint density at radius 2 is 2.00 bits per heavy atom. The second kappa shape index (κ2) is 4.99. The fraction of sp³-hybridized carbons (Fsp3) is 0.500. The minimum atomic E-state index is 0.258. The lowest BCUT2D eigenvalue weighted by molar-refractivity contribution is 0.268. The fourth-order valence-corrected chi connectivity index (χ4v) is 3.65. The van der Waals surface area contributed by atoms with Gasteiger partial charge in [-0.3, -0.25) is 4.68 Å². The van der Waals surface area contributed by atoms with Crippen molar-refractivity contribution in [3.63, 3.8) is 0 Å². The van der Waals surface area contributed by atoms with Crippen LogP contribution in [0.15, 0.2) is 24.3 Å². The zero-order valence-corrected chi connectivity index (χ0v) is 13.7. The van der Waals surface area contributed by atoms with E-state index in [0.717, 1.165) is 18.7 Å². The Bertz CT molecular complexity index is 667. The lowest BCUT2D eigenvalue weighted by atomic mass is 9.85. The molecule has 3 nitrogen and oxygen atoms in total. The van der Waals surface area contributed by atoms with Gasteiger partial charge < -0.3 is 5.32 Å². The lowest BCUT2D eigenvalue weighted by Crippen LogP contribution is -2.31. The van der Waals surface area contributed by atoms with Gasteiger partial charge >= 0.3 is 0 Å². The van der Waals surface area contributed by atoms with E-state index in [9.17, 15) is 0 Å². The molecule has 0 fully saturated rings. The number of hydrogen-bond donors (Lipinski definition) is 1. The van der Waals surface area contributed by atoms with Crippen molar-refractivity contribution in [2.45, 2.75) is 46.7 Å². The number of benzene rings is 1. The smallest absolute Gasteiger partial charge is 0.0641 e. The van der Waals surface area contributed by atoms with Crippen LogP contribution < -0.4 is 5.32 Å². The molecule has 1 aliphatic rings. The highest BCUT2D eigenvalue weighted by Crippen LogP contribution is 2.45. The second-order valence-corrected chi connectivity index (χ2v) is 6.95. The molecule has 0 radical (unpaired) electrons. The summed E-state index contributed by atoms with van der Waals surface area (Å²) in [6.45, 7) is 9.83. The van der Waals surface area contributed by atoms with E-state index in [2.05, 4.69) is 62.4 Å². The van der Waals surface area contributed by atoms with Crippen molar-refractivity contribution in [1.82, 2.24) is 15.1 Å². The maximum atomic E-state index is 4.51. The third kappa shape index (κ3) is 2.40. The van der Waals surface area contributed by atoms with Gasteiger partial charge in [-0.15, -0.1) is 0 Å². The van der Waals surface area contributed by atoms with Crippen molar-refractivity contribution in [3.8, 4) is 0 Å². The van der Waals surface area contributed by atoms with Crippen LogP contribution in [0, 0.1) is 19.3 Å². The number of hydrogen-bond acceptors (Lipinski definition) is 2. The molecule has 1 unspecified atom stereocenters. The molecule has 0 aliphatic heterocycles. The summed E-state index contributed by atoms with van der Waals surface area (Å²) in [5.74, 6) is 0. The molecular weight excluding hydrogens is 258 g/mol. The molecule has 21 heavy (non-hydrogen) atoms. The van der Waals surface area contributed by atoms with Gasteiger partial charge in [-0.2, -0.15) is 5.10 Å². The Hall–Kier alpha value is -1.61. The third-order valence-corrected chi connectivity index (χ3v) is 4.94.